The highest BCUT2D eigenvalue weighted by Crippen LogP contribution is 2.27. The van der Waals surface area contributed by atoms with Crippen LogP contribution in [0.4, 0.5) is 0 Å². The summed E-state index contributed by atoms with van der Waals surface area (Å²) in [6, 6.07) is 9.18. The molecule has 1 unspecified atom stereocenters. The number of rotatable bonds is 4. The molecule has 1 amide bonds. The van der Waals surface area contributed by atoms with Gasteiger partial charge in [-0.15, -0.1) is 0 Å². The van der Waals surface area contributed by atoms with Gasteiger partial charge in [0.1, 0.15) is 0 Å². The Labute approximate surface area is 146 Å². The highest BCUT2D eigenvalue weighted by Gasteiger charge is 2.27. The lowest BCUT2D eigenvalue weighted by atomic mass is 9.90. The van der Waals surface area contributed by atoms with E-state index in [1.807, 2.05) is 12.1 Å². The first kappa shape index (κ1) is 17.4. The van der Waals surface area contributed by atoms with E-state index >= 15 is 0 Å². The van der Waals surface area contributed by atoms with Crippen molar-refractivity contribution in [2.45, 2.75) is 50.1 Å². The lowest BCUT2D eigenvalue weighted by Crippen LogP contribution is -2.35. The van der Waals surface area contributed by atoms with Crippen molar-refractivity contribution in [2.75, 3.05) is 34.2 Å². The van der Waals surface area contributed by atoms with Gasteiger partial charge in [0.2, 0.25) is 0 Å². The number of nitrogens with zero attached hydrogens (tertiary/aromatic N) is 2. The second-order valence-corrected chi connectivity index (χ2v) is 7.83. The van der Waals surface area contributed by atoms with Crippen molar-refractivity contribution in [3.8, 4) is 0 Å². The SMILES string of the molecule is CN1CCCC(c2cccc(C(=O)N[C@H]3CC[C@@H](N(C)C)C3)c2)C1. The number of amides is 1. The fourth-order valence-corrected chi connectivity index (χ4v) is 4.20. The van der Waals surface area contributed by atoms with Gasteiger partial charge in [-0.2, -0.15) is 0 Å². The maximum atomic E-state index is 12.6. The van der Waals surface area contributed by atoms with Crippen molar-refractivity contribution in [2.24, 2.45) is 0 Å². The fourth-order valence-electron chi connectivity index (χ4n) is 4.20. The van der Waals surface area contributed by atoms with Gasteiger partial charge in [-0.25, -0.2) is 0 Å². The minimum absolute atomic E-state index is 0.0884. The number of carbonyl (C=O) groups is 1. The summed E-state index contributed by atoms with van der Waals surface area (Å²) in [7, 11) is 6.43. The Morgan fingerprint density at radius 2 is 2.08 bits per heavy atom. The van der Waals surface area contributed by atoms with Crippen LogP contribution in [0.15, 0.2) is 24.3 Å². The van der Waals surface area contributed by atoms with E-state index in [2.05, 4.69) is 48.4 Å². The maximum absolute atomic E-state index is 12.6. The highest BCUT2D eigenvalue weighted by molar-refractivity contribution is 5.94. The third-order valence-electron chi connectivity index (χ3n) is 5.72. The van der Waals surface area contributed by atoms with Gasteiger partial charge in [-0.3, -0.25) is 4.79 Å². The molecule has 132 valence electrons. The number of likely N-dealkylation sites (N-methyl/N-ethyl adjacent to an activating group) is 1. The standard InChI is InChI=1S/C20H31N3O/c1-22(2)19-10-9-18(13-19)21-20(24)16-7-4-6-15(12-16)17-8-5-11-23(3)14-17/h4,6-7,12,17-19H,5,8-11,13-14H2,1-3H3,(H,21,24)/t17?,18-,19+/m0/s1. The van der Waals surface area contributed by atoms with Crippen molar-refractivity contribution in [3.05, 3.63) is 35.4 Å². The number of carbonyl (C=O) groups excluding carboxylic acids is 1. The lowest BCUT2D eigenvalue weighted by Gasteiger charge is -2.30. The van der Waals surface area contributed by atoms with E-state index in [0.29, 0.717) is 18.0 Å². The van der Waals surface area contributed by atoms with Gasteiger partial charge in [-0.1, -0.05) is 12.1 Å². The van der Waals surface area contributed by atoms with Crippen LogP contribution in [0, 0.1) is 0 Å². The molecule has 1 aromatic rings. The second kappa shape index (κ2) is 7.66. The maximum Gasteiger partial charge on any atom is 0.251 e. The molecule has 1 heterocycles. The average Bonchev–Trinajstić information content (AvgIpc) is 3.04. The van der Waals surface area contributed by atoms with Crippen LogP contribution in [0.1, 0.15) is 53.9 Å². The quantitative estimate of drug-likeness (QED) is 0.922. The van der Waals surface area contributed by atoms with E-state index in [4.69, 9.17) is 0 Å². The van der Waals surface area contributed by atoms with Gasteiger partial charge >= 0.3 is 0 Å². The van der Waals surface area contributed by atoms with Crippen LogP contribution in [0.3, 0.4) is 0 Å². The Morgan fingerprint density at radius 3 is 2.79 bits per heavy atom. The van der Waals surface area contributed by atoms with E-state index < -0.39 is 0 Å². The van der Waals surface area contributed by atoms with Gasteiger partial charge in [0, 0.05) is 24.2 Å². The van der Waals surface area contributed by atoms with E-state index in [-0.39, 0.29) is 5.91 Å². The molecule has 0 radical (unpaired) electrons. The van der Waals surface area contributed by atoms with Crippen molar-refractivity contribution in [3.63, 3.8) is 0 Å². The predicted octanol–water partition coefficient (Wildman–Crippen LogP) is 2.71. The van der Waals surface area contributed by atoms with E-state index in [0.717, 1.165) is 24.9 Å². The third-order valence-corrected chi connectivity index (χ3v) is 5.72. The second-order valence-electron chi connectivity index (χ2n) is 7.83. The highest BCUT2D eigenvalue weighted by atomic mass is 16.1. The normalized spacial score (nSPS) is 28.2. The van der Waals surface area contributed by atoms with Gasteiger partial charge in [-0.05, 0) is 83.4 Å². The molecular weight excluding hydrogens is 298 g/mol. The van der Waals surface area contributed by atoms with Crippen LogP contribution in [0.2, 0.25) is 0 Å². The summed E-state index contributed by atoms with van der Waals surface area (Å²) in [5.74, 6) is 0.645. The smallest absolute Gasteiger partial charge is 0.251 e. The monoisotopic (exact) mass is 329 g/mol. The minimum Gasteiger partial charge on any atom is -0.349 e. The third kappa shape index (κ3) is 4.17. The molecule has 4 nitrogen and oxygen atoms in total. The minimum atomic E-state index is 0.0884. The molecule has 0 aromatic heterocycles. The van der Waals surface area contributed by atoms with Crippen molar-refractivity contribution in [1.29, 1.82) is 0 Å². The molecule has 2 aliphatic rings. The van der Waals surface area contributed by atoms with Crippen LogP contribution in [-0.4, -0.2) is 62.0 Å². The molecule has 0 spiro atoms. The molecule has 0 bridgehead atoms. The molecule has 1 N–H and O–H groups in total. The van der Waals surface area contributed by atoms with E-state index in [9.17, 15) is 4.79 Å². The molecule has 1 aliphatic heterocycles. The summed E-state index contributed by atoms with van der Waals surface area (Å²) in [5.41, 5.74) is 2.13. The fraction of sp³-hybridized carbons (Fsp3) is 0.650. The Morgan fingerprint density at radius 1 is 1.25 bits per heavy atom. The van der Waals surface area contributed by atoms with Crippen LogP contribution < -0.4 is 5.32 Å². The summed E-state index contributed by atoms with van der Waals surface area (Å²) < 4.78 is 0. The number of hydrogen-bond donors (Lipinski definition) is 1. The number of hydrogen-bond acceptors (Lipinski definition) is 3. The number of piperidine rings is 1. The Balaban J connectivity index is 1.62. The predicted molar refractivity (Wildman–Crippen MR) is 98.5 cm³/mol. The van der Waals surface area contributed by atoms with E-state index in [1.165, 1.54) is 31.4 Å². The molecular formula is C20H31N3O. The first-order valence-electron chi connectivity index (χ1n) is 9.28. The Bertz CT molecular complexity index is 572. The molecule has 2 fully saturated rings. The van der Waals surface area contributed by atoms with Gasteiger partial charge in [0.05, 0.1) is 0 Å². The Hall–Kier alpha value is -1.39. The summed E-state index contributed by atoms with van der Waals surface area (Å²) in [5, 5.41) is 3.24. The average molecular weight is 329 g/mol. The molecule has 1 saturated carbocycles. The zero-order chi connectivity index (χ0) is 17.1. The number of likely N-dealkylation sites (tertiary alicyclic amines) is 1. The molecule has 4 heteroatoms. The summed E-state index contributed by atoms with van der Waals surface area (Å²) in [6.07, 6.45) is 5.79. The largest absolute Gasteiger partial charge is 0.349 e. The first-order valence-corrected chi connectivity index (χ1v) is 9.28. The van der Waals surface area contributed by atoms with Crippen molar-refractivity contribution < 1.29 is 4.79 Å². The first-order chi connectivity index (χ1) is 11.5. The molecule has 24 heavy (non-hydrogen) atoms. The van der Waals surface area contributed by atoms with Crippen LogP contribution in [-0.2, 0) is 0 Å². The number of benzene rings is 1. The summed E-state index contributed by atoms with van der Waals surface area (Å²) in [6.45, 7) is 2.28. The van der Waals surface area contributed by atoms with E-state index in [1.54, 1.807) is 0 Å². The topological polar surface area (TPSA) is 35.6 Å². The summed E-state index contributed by atoms with van der Waals surface area (Å²) >= 11 is 0. The molecule has 1 aromatic carbocycles. The van der Waals surface area contributed by atoms with Gasteiger partial charge in [0.15, 0.2) is 0 Å². The zero-order valence-electron chi connectivity index (χ0n) is 15.3. The molecule has 1 aliphatic carbocycles. The molecule has 3 atom stereocenters. The van der Waals surface area contributed by atoms with Gasteiger partial charge in [0.25, 0.3) is 5.91 Å². The van der Waals surface area contributed by atoms with Crippen LogP contribution >= 0.6 is 0 Å². The molecule has 3 rings (SSSR count). The Kier molecular flexibility index (Phi) is 5.57. The van der Waals surface area contributed by atoms with Crippen LogP contribution in [0.25, 0.3) is 0 Å². The molecule has 1 saturated heterocycles. The lowest BCUT2D eigenvalue weighted by molar-refractivity contribution is 0.0936. The number of nitrogens with one attached hydrogen (secondary N) is 1. The van der Waals surface area contributed by atoms with Crippen molar-refractivity contribution >= 4 is 5.91 Å². The summed E-state index contributed by atoms with van der Waals surface area (Å²) in [4.78, 5) is 17.3. The van der Waals surface area contributed by atoms with Gasteiger partial charge < -0.3 is 15.1 Å². The van der Waals surface area contributed by atoms with Crippen LogP contribution in [0.5, 0.6) is 0 Å². The van der Waals surface area contributed by atoms with Crippen molar-refractivity contribution in [1.82, 2.24) is 15.1 Å². The zero-order valence-corrected chi connectivity index (χ0v) is 15.3.